The van der Waals surface area contributed by atoms with E-state index in [1.54, 1.807) is 18.2 Å². The molecule has 1 aliphatic carbocycles. The van der Waals surface area contributed by atoms with Gasteiger partial charge in [-0.25, -0.2) is 4.79 Å². The Labute approximate surface area is 209 Å². The van der Waals surface area contributed by atoms with Crippen molar-refractivity contribution in [3.05, 3.63) is 116 Å². The van der Waals surface area contributed by atoms with Gasteiger partial charge in [-0.1, -0.05) is 71.8 Å². The Morgan fingerprint density at radius 3 is 2.40 bits per heavy atom. The summed E-state index contributed by atoms with van der Waals surface area (Å²) in [6, 6.07) is 20.9. The summed E-state index contributed by atoms with van der Waals surface area (Å²) in [5.41, 5.74) is 6.62. The van der Waals surface area contributed by atoms with Crippen LogP contribution in [0.3, 0.4) is 0 Å². The fraction of sp³-hybridized carbons (Fsp3) is 0.172. The number of carbonyl (C=O) groups is 2. The van der Waals surface area contributed by atoms with E-state index in [0.29, 0.717) is 45.3 Å². The molecule has 5 nitrogen and oxygen atoms in total. The summed E-state index contributed by atoms with van der Waals surface area (Å²) in [6.07, 6.45) is 0. The smallest absolute Gasteiger partial charge is 0.336 e. The first kappa shape index (κ1) is 22.9. The third kappa shape index (κ3) is 4.02. The van der Waals surface area contributed by atoms with Crippen LogP contribution < -0.4 is 10.1 Å². The van der Waals surface area contributed by atoms with Crippen LogP contribution in [0.4, 0.5) is 0 Å². The Kier molecular flexibility index (Phi) is 5.95. The second kappa shape index (κ2) is 9.08. The maximum atomic E-state index is 13.5. The molecule has 1 N–H and O–H groups in total. The number of fused-ring (bicyclic) bond motifs is 2. The van der Waals surface area contributed by atoms with Crippen molar-refractivity contribution in [2.24, 2.45) is 0 Å². The summed E-state index contributed by atoms with van der Waals surface area (Å²) < 4.78 is 11.0. The van der Waals surface area contributed by atoms with Gasteiger partial charge in [-0.2, -0.15) is 0 Å². The number of hydrogen-bond donors (Lipinski definition) is 1. The summed E-state index contributed by atoms with van der Waals surface area (Å²) in [4.78, 5) is 26.3. The summed E-state index contributed by atoms with van der Waals surface area (Å²) in [6.45, 7) is 4.23. The predicted octanol–water partition coefficient (Wildman–Crippen LogP) is 5.97. The minimum atomic E-state index is -0.623. The summed E-state index contributed by atoms with van der Waals surface area (Å²) in [5, 5.41) is 3.68. The van der Waals surface area contributed by atoms with Gasteiger partial charge in [0.1, 0.15) is 12.4 Å². The molecule has 1 atom stereocenters. The Balaban J connectivity index is 1.53. The molecule has 0 aromatic heterocycles. The molecule has 0 amide bonds. The molecule has 6 heteroatoms. The number of dihydropyridines is 1. The largest absolute Gasteiger partial charge is 0.487 e. The highest BCUT2D eigenvalue weighted by molar-refractivity contribution is 6.32. The third-order valence-corrected chi connectivity index (χ3v) is 6.75. The molecule has 0 bridgehead atoms. The number of ketones is 1. The van der Waals surface area contributed by atoms with Crippen LogP contribution >= 0.6 is 11.6 Å². The fourth-order valence-electron chi connectivity index (χ4n) is 4.70. The molecule has 0 radical (unpaired) electrons. The molecule has 2 aliphatic rings. The average Bonchev–Trinajstić information content (AvgIpc) is 3.14. The molecule has 176 valence electrons. The van der Waals surface area contributed by atoms with E-state index < -0.39 is 11.9 Å². The molecule has 5 rings (SSSR count). The highest BCUT2D eigenvalue weighted by Crippen LogP contribution is 2.47. The van der Waals surface area contributed by atoms with Gasteiger partial charge in [0.15, 0.2) is 5.78 Å². The highest BCUT2D eigenvalue weighted by atomic mass is 35.5. The van der Waals surface area contributed by atoms with Crippen molar-refractivity contribution in [2.45, 2.75) is 26.4 Å². The first-order valence-corrected chi connectivity index (χ1v) is 11.7. The van der Waals surface area contributed by atoms with Crippen LogP contribution in [0.1, 0.15) is 45.5 Å². The Bertz CT molecular complexity index is 1420. The van der Waals surface area contributed by atoms with Crippen LogP contribution in [0, 0.1) is 6.92 Å². The van der Waals surface area contributed by atoms with Gasteiger partial charge in [-0.05, 0) is 37.1 Å². The van der Waals surface area contributed by atoms with Crippen molar-refractivity contribution in [1.29, 1.82) is 0 Å². The number of carbonyl (C=O) groups excluding carboxylic acids is 2. The number of methoxy groups -OCH3 is 1. The molecule has 1 aliphatic heterocycles. The van der Waals surface area contributed by atoms with Crippen molar-refractivity contribution in [2.75, 3.05) is 7.11 Å². The van der Waals surface area contributed by atoms with E-state index in [-0.39, 0.29) is 5.78 Å². The molecule has 0 saturated carbocycles. The predicted molar refractivity (Wildman–Crippen MR) is 135 cm³/mol. The van der Waals surface area contributed by atoms with Crippen LogP contribution in [0.15, 0.2) is 83.6 Å². The number of hydrogen-bond acceptors (Lipinski definition) is 5. The van der Waals surface area contributed by atoms with Gasteiger partial charge in [0.25, 0.3) is 0 Å². The zero-order valence-corrected chi connectivity index (χ0v) is 20.4. The quantitative estimate of drug-likeness (QED) is 0.451. The van der Waals surface area contributed by atoms with E-state index >= 15 is 0 Å². The maximum absolute atomic E-state index is 13.5. The number of benzene rings is 3. The Hall–Kier alpha value is -3.83. The molecule has 0 fully saturated rings. The number of ether oxygens (including phenoxy) is 2. The lowest BCUT2D eigenvalue weighted by molar-refractivity contribution is -0.136. The van der Waals surface area contributed by atoms with Gasteiger partial charge in [0.05, 0.1) is 23.4 Å². The SMILES string of the molecule is COC(=O)C1=C(C)NC2=C(C(=O)c3ccccc32)[C@@H]1c1ccc(OCc2ccc(C)cc2)c(Cl)c1. The number of esters is 1. The van der Waals surface area contributed by atoms with E-state index in [0.717, 1.165) is 16.8 Å². The van der Waals surface area contributed by atoms with Crippen molar-refractivity contribution in [1.82, 2.24) is 5.32 Å². The average molecular weight is 486 g/mol. The standard InChI is InChI=1S/C29H24ClNO4/c1-16-8-10-18(11-9-16)15-35-23-13-12-19(14-22(23)30)25-24(29(33)34-3)17(2)31-27-20-6-4-5-7-21(20)28(32)26(25)27/h4-14,25,31H,15H2,1-3H3/t25-/m1/s1. The molecular formula is C29H24ClNO4. The van der Waals surface area contributed by atoms with E-state index in [1.807, 2.05) is 62.4 Å². The van der Waals surface area contributed by atoms with Crippen LogP contribution in [-0.2, 0) is 16.1 Å². The fourth-order valence-corrected chi connectivity index (χ4v) is 4.95. The number of rotatable bonds is 5. The molecule has 0 saturated heterocycles. The zero-order valence-electron chi connectivity index (χ0n) is 19.6. The molecule has 35 heavy (non-hydrogen) atoms. The third-order valence-electron chi connectivity index (χ3n) is 6.46. The second-order valence-electron chi connectivity index (χ2n) is 8.72. The van der Waals surface area contributed by atoms with E-state index in [4.69, 9.17) is 21.1 Å². The van der Waals surface area contributed by atoms with Gasteiger partial charge in [0.2, 0.25) is 0 Å². The number of aryl methyl sites for hydroxylation is 1. The molecule has 3 aromatic rings. The van der Waals surface area contributed by atoms with Crippen molar-refractivity contribution in [3.63, 3.8) is 0 Å². The van der Waals surface area contributed by atoms with Gasteiger partial charge in [0, 0.05) is 28.3 Å². The van der Waals surface area contributed by atoms with Crippen molar-refractivity contribution < 1.29 is 19.1 Å². The summed E-state index contributed by atoms with van der Waals surface area (Å²) >= 11 is 6.63. The number of Topliss-reactive ketones (excluding diaryl/α,β-unsaturated/α-hetero) is 1. The van der Waals surface area contributed by atoms with Gasteiger partial charge < -0.3 is 14.8 Å². The minimum absolute atomic E-state index is 0.113. The second-order valence-corrected chi connectivity index (χ2v) is 9.12. The molecule has 0 spiro atoms. The molecular weight excluding hydrogens is 462 g/mol. The van der Waals surface area contributed by atoms with Crippen LogP contribution in [0.25, 0.3) is 5.70 Å². The monoisotopic (exact) mass is 485 g/mol. The lowest BCUT2D eigenvalue weighted by atomic mass is 9.80. The maximum Gasteiger partial charge on any atom is 0.336 e. The first-order valence-electron chi connectivity index (χ1n) is 11.3. The zero-order chi connectivity index (χ0) is 24.7. The molecule has 3 aromatic carbocycles. The van der Waals surface area contributed by atoms with E-state index in [9.17, 15) is 9.59 Å². The lowest BCUT2D eigenvalue weighted by Gasteiger charge is -2.29. The van der Waals surface area contributed by atoms with Gasteiger partial charge in [-0.3, -0.25) is 4.79 Å². The number of halogens is 1. The number of allylic oxidation sites excluding steroid dienone is 2. The van der Waals surface area contributed by atoms with Crippen LogP contribution in [0.5, 0.6) is 5.75 Å². The van der Waals surface area contributed by atoms with Gasteiger partial charge >= 0.3 is 5.97 Å². The summed E-state index contributed by atoms with van der Waals surface area (Å²) in [7, 11) is 1.34. The lowest BCUT2D eigenvalue weighted by Crippen LogP contribution is -2.29. The topological polar surface area (TPSA) is 64.6 Å². The van der Waals surface area contributed by atoms with Gasteiger partial charge in [-0.15, -0.1) is 0 Å². The molecule has 1 heterocycles. The normalized spacial score (nSPS) is 16.6. The van der Waals surface area contributed by atoms with E-state index in [1.165, 1.54) is 12.7 Å². The Morgan fingerprint density at radius 1 is 1.00 bits per heavy atom. The highest BCUT2D eigenvalue weighted by Gasteiger charge is 2.42. The first-order chi connectivity index (χ1) is 16.9. The van der Waals surface area contributed by atoms with Crippen LogP contribution in [0.2, 0.25) is 5.02 Å². The molecule has 0 unspecified atom stereocenters. The minimum Gasteiger partial charge on any atom is -0.487 e. The van der Waals surface area contributed by atoms with Crippen molar-refractivity contribution in [3.8, 4) is 5.75 Å². The van der Waals surface area contributed by atoms with Crippen LogP contribution in [-0.4, -0.2) is 18.9 Å². The Morgan fingerprint density at radius 2 is 1.71 bits per heavy atom. The van der Waals surface area contributed by atoms with Crippen molar-refractivity contribution >= 4 is 29.1 Å². The van der Waals surface area contributed by atoms with E-state index in [2.05, 4.69) is 5.32 Å². The number of nitrogens with one attached hydrogen (secondary N) is 1. The summed E-state index contributed by atoms with van der Waals surface area (Å²) in [5.74, 6) is -0.702.